The summed E-state index contributed by atoms with van der Waals surface area (Å²) in [6.07, 6.45) is 6.59. The summed E-state index contributed by atoms with van der Waals surface area (Å²) in [4.78, 5) is 32.5. The maximum atomic E-state index is 12.2. The van der Waals surface area contributed by atoms with Gasteiger partial charge in [-0.1, -0.05) is 37.8 Å². The van der Waals surface area contributed by atoms with E-state index in [0.29, 0.717) is 11.4 Å². The number of pyridine rings is 2. The average molecular weight is 562 g/mol. The van der Waals surface area contributed by atoms with E-state index in [2.05, 4.69) is 20.6 Å². The zero-order valence-corrected chi connectivity index (χ0v) is 17.7. The molecule has 142 valence electrons. The van der Waals surface area contributed by atoms with Gasteiger partial charge in [0.1, 0.15) is 11.8 Å². The number of nitrogens with zero attached hydrogens (tertiary/aromatic N) is 5. The molecule has 1 fully saturated rings. The van der Waals surface area contributed by atoms with Gasteiger partial charge in [-0.15, -0.1) is 12.1 Å². The predicted octanol–water partition coefficient (Wildman–Crippen LogP) is 4.22. The summed E-state index contributed by atoms with van der Waals surface area (Å²) in [7, 11) is 4.69. The predicted molar refractivity (Wildman–Crippen MR) is 97.5 cm³/mol. The van der Waals surface area contributed by atoms with E-state index in [9.17, 15) is 9.59 Å². The molecular weight excluding hydrogens is 544 g/mol. The maximum absolute atomic E-state index is 12.2. The standard InChI is InChI=1S/C18H20N4O2.ClH.N.Os/c23-17(15-9-3-5-11-19-15)21-13-7-1-2-8-14(13)22-18(24)16-10-4-6-12-20-16;;;/h3-6,9-14H,1-2,7-8H2,(H2,21,22,23,24);1H;;/q;;;+3/p-3. The van der Waals surface area contributed by atoms with Crippen LogP contribution in [0, 0.1) is 3.88 Å². The van der Waals surface area contributed by atoms with Gasteiger partial charge in [0, 0.05) is 12.4 Å². The number of aromatic nitrogens is 2. The van der Waals surface area contributed by atoms with Crippen molar-refractivity contribution in [2.45, 2.75) is 37.8 Å². The van der Waals surface area contributed by atoms with E-state index in [1.165, 1.54) is 0 Å². The van der Waals surface area contributed by atoms with Crippen molar-refractivity contribution >= 4 is 21.5 Å². The Hall–Kier alpha value is -2.12. The molecule has 1 aliphatic carbocycles. The van der Waals surface area contributed by atoms with Gasteiger partial charge in [0.2, 0.25) is 0 Å². The second kappa shape index (κ2) is 11.6. The van der Waals surface area contributed by atoms with Crippen LogP contribution in [0.25, 0.3) is 10.6 Å². The van der Waals surface area contributed by atoms with E-state index in [-0.39, 0.29) is 23.9 Å². The van der Waals surface area contributed by atoms with Crippen LogP contribution in [-0.4, -0.2) is 33.9 Å². The molecule has 3 rings (SSSR count). The molecule has 2 unspecified atom stereocenters. The van der Waals surface area contributed by atoms with E-state index < -0.39 is 16.0 Å². The molecule has 1 saturated carbocycles. The van der Waals surface area contributed by atoms with Crippen LogP contribution in [0.2, 0.25) is 0 Å². The van der Waals surface area contributed by atoms with Crippen molar-refractivity contribution in [3.8, 4) is 0 Å². The van der Waals surface area contributed by atoms with Gasteiger partial charge in [0.25, 0.3) is 0 Å². The Kier molecular flexibility index (Phi) is 9.07. The van der Waals surface area contributed by atoms with Crippen LogP contribution < -0.4 is 0 Å². The average Bonchev–Trinajstić information content (AvgIpc) is 2.71. The Balaban J connectivity index is 0.000000817. The van der Waals surface area contributed by atoms with Crippen molar-refractivity contribution in [1.82, 2.24) is 9.97 Å². The molecule has 2 amide bonds. The normalized spacial score (nSPS) is 18.4. The number of hydrogen-bond donors (Lipinski definition) is 0. The summed E-state index contributed by atoms with van der Waals surface area (Å²) in [6.45, 7) is 0. The van der Waals surface area contributed by atoms with E-state index in [1.807, 2.05) is 0 Å². The fourth-order valence-corrected chi connectivity index (χ4v) is 2.80. The van der Waals surface area contributed by atoms with Gasteiger partial charge >= 0.3 is 29.6 Å². The summed E-state index contributed by atoms with van der Waals surface area (Å²) in [5.74, 6) is -0.707. The number of carbonyl (C=O) groups excluding carboxylic acids is 2. The molecule has 0 saturated heterocycles. The third-order valence-electron chi connectivity index (χ3n) is 4.03. The molecule has 9 heteroatoms. The van der Waals surface area contributed by atoms with Crippen molar-refractivity contribution in [1.29, 1.82) is 3.88 Å². The summed E-state index contributed by atoms with van der Waals surface area (Å²) in [5.41, 5.74) is 0.635. The van der Waals surface area contributed by atoms with E-state index >= 15 is 0 Å². The first-order valence-electron chi connectivity index (χ1n) is 8.35. The van der Waals surface area contributed by atoms with Crippen LogP contribution in [0.1, 0.15) is 46.7 Å². The van der Waals surface area contributed by atoms with Crippen molar-refractivity contribution in [3.05, 3.63) is 70.8 Å². The van der Waals surface area contributed by atoms with Gasteiger partial charge in [-0.3, -0.25) is 9.97 Å². The Morgan fingerprint density at radius 3 is 1.67 bits per heavy atom. The van der Waals surface area contributed by atoms with Crippen LogP contribution in [0.5, 0.6) is 0 Å². The molecule has 1 aliphatic rings. The van der Waals surface area contributed by atoms with E-state index in [1.54, 1.807) is 48.8 Å². The molecule has 2 aromatic heterocycles. The molecule has 0 aromatic carbocycles. The van der Waals surface area contributed by atoms with Gasteiger partial charge in [-0.2, -0.15) is 0 Å². The Labute approximate surface area is 169 Å². The van der Waals surface area contributed by atoms with Gasteiger partial charge in [0.15, 0.2) is 0 Å². The topological polar surface area (TPSA) is 112 Å². The fraction of sp³-hybridized carbons (Fsp3) is 0.333. The van der Waals surface area contributed by atoms with Crippen LogP contribution in [0.3, 0.4) is 0 Å². The number of rotatable bonds is 4. The van der Waals surface area contributed by atoms with Crippen molar-refractivity contribution in [2.24, 2.45) is 0 Å². The van der Waals surface area contributed by atoms with Gasteiger partial charge < -0.3 is 20.2 Å². The van der Waals surface area contributed by atoms with Crippen molar-refractivity contribution in [2.75, 3.05) is 0 Å². The summed E-state index contributed by atoms with van der Waals surface area (Å²) in [5, 5.41) is 8.53. The molecule has 2 heterocycles. The number of amides is 2. The molecule has 0 aliphatic heterocycles. The Morgan fingerprint density at radius 2 is 1.33 bits per heavy atom. The van der Waals surface area contributed by atoms with Crippen LogP contribution >= 0.6 is 9.64 Å². The van der Waals surface area contributed by atoms with Crippen molar-refractivity contribution in [3.63, 3.8) is 0 Å². The third-order valence-corrected chi connectivity index (χ3v) is 4.03. The van der Waals surface area contributed by atoms with E-state index in [0.717, 1.165) is 25.7 Å². The second-order valence-corrected chi connectivity index (χ2v) is 7.19. The zero-order valence-electron chi connectivity index (χ0n) is 14.4. The number of halogens is 1. The molecule has 2 aromatic rings. The van der Waals surface area contributed by atoms with Crippen LogP contribution in [0.4, 0.5) is 0 Å². The first-order valence-corrected chi connectivity index (χ1v) is 12.6. The molecule has 0 bridgehead atoms. The minimum atomic E-state index is -1.11. The molecule has 7 nitrogen and oxygen atoms in total. The van der Waals surface area contributed by atoms with Crippen LogP contribution in [-0.2, 0) is 16.0 Å². The van der Waals surface area contributed by atoms with Crippen LogP contribution in [0.15, 0.2) is 48.8 Å². The molecule has 27 heavy (non-hydrogen) atoms. The summed E-state index contributed by atoms with van der Waals surface area (Å²) < 4.78 is 7.47. The second-order valence-electron chi connectivity index (χ2n) is 5.78. The van der Waals surface area contributed by atoms with Crippen molar-refractivity contribution < 1.29 is 25.6 Å². The first kappa shape index (κ1) is 21.2. The minimum absolute atomic E-state index is 0.277. The molecule has 0 radical (unpaired) electrons. The summed E-state index contributed by atoms with van der Waals surface area (Å²) >= 11 is -1.11. The summed E-state index contributed by atoms with van der Waals surface area (Å²) in [6, 6.07) is 9.73. The number of hydrogen-bond acceptors (Lipinski definition) is 5. The van der Waals surface area contributed by atoms with Gasteiger partial charge in [-0.25, -0.2) is 0 Å². The van der Waals surface area contributed by atoms with Gasteiger partial charge in [-0.05, 0) is 24.3 Å². The molecule has 0 N–H and O–H groups in total. The Morgan fingerprint density at radius 1 is 0.926 bits per heavy atom. The third kappa shape index (κ3) is 6.84. The molecule has 2 atom stereocenters. The first-order chi connectivity index (χ1) is 13.2. The van der Waals surface area contributed by atoms with Gasteiger partial charge in [0.05, 0.1) is 11.4 Å². The van der Waals surface area contributed by atoms with E-state index in [4.69, 9.17) is 13.5 Å². The molecule has 0 spiro atoms. The quantitative estimate of drug-likeness (QED) is 0.555. The zero-order chi connectivity index (χ0) is 19.5. The molecular formula is C18H18ClN5O2Os. The fourth-order valence-electron chi connectivity index (χ4n) is 2.80. The monoisotopic (exact) mass is 563 g/mol. The SMILES string of the molecule is O=C([N-]C1CCCCC1[N-]C(=O)c1ccccn1)c1ccccn1.[N]#[Os+2][Cl]. The number of carbonyl (C=O) groups is 2. The Bertz CT molecular complexity index is 724.